The number of nitrogens with one attached hydrogen (secondary N) is 1. The van der Waals surface area contributed by atoms with Crippen LogP contribution in [0.3, 0.4) is 0 Å². The van der Waals surface area contributed by atoms with E-state index in [1.54, 1.807) is 26.2 Å². The summed E-state index contributed by atoms with van der Waals surface area (Å²) in [5, 5.41) is 0. The normalized spacial score (nSPS) is 17.1. The molecular weight excluding hydrogens is 410 g/mol. The molecule has 1 unspecified atom stereocenters. The van der Waals surface area contributed by atoms with Crippen LogP contribution in [0, 0.1) is 13.8 Å². The molecule has 0 spiro atoms. The van der Waals surface area contributed by atoms with E-state index in [2.05, 4.69) is 28.6 Å². The average Bonchev–Trinajstić information content (AvgIpc) is 2.75. The van der Waals surface area contributed by atoms with E-state index >= 15 is 0 Å². The number of sulfonamides is 1. The van der Waals surface area contributed by atoms with Gasteiger partial charge in [0.2, 0.25) is 10.0 Å². The molecule has 0 saturated carbocycles. The number of aryl methyl sites for hydroxylation is 2. The van der Waals surface area contributed by atoms with Gasteiger partial charge in [0.05, 0.1) is 18.0 Å². The summed E-state index contributed by atoms with van der Waals surface area (Å²) in [4.78, 5) is 4.95. The number of nitrogens with zero attached hydrogens (tertiary/aromatic N) is 2. The maximum atomic E-state index is 13.4. The Hall–Kier alpha value is -1.93. The summed E-state index contributed by atoms with van der Waals surface area (Å²) in [7, 11) is 2.13. The second kappa shape index (κ2) is 10.1. The van der Waals surface area contributed by atoms with Gasteiger partial charge in [-0.05, 0) is 82.7 Å². The first-order valence-corrected chi connectivity index (χ1v) is 12.3. The summed E-state index contributed by atoms with van der Waals surface area (Å²) in [5.74, 6) is 0.693. The van der Waals surface area contributed by atoms with E-state index in [1.807, 2.05) is 37.3 Å². The van der Waals surface area contributed by atoms with Gasteiger partial charge in [-0.1, -0.05) is 30.3 Å². The van der Waals surface area contributed by atoms with Crippen molar-refractivity contribution in [1.29, 1.82) is 0 Å². The lowest BCUT2D eigenvalue weighted by atomic mass is 10.0. The standard InChI is InChI=1S/C24H35N3O3S/c1-18-16-24(19(2)15-23(18)30-5)31(28,29)25-22(20-9-7-6-8-10-20)17-27(4)21-11-13-26(3)14-12-21/h6-10,15-16,21-22,25H,11-14,17H2,1-5H3. The average molecular weight is 446 g/mol. The van der Waals surface area contributed by atoms with Crippen LogP contribution in [0.5, 0.6) is 5.75 Å². The molecule has 1 aliphatic rings. The van der Waals surface area contributed by atoms with Crippen LogP contribution in [0.25, 0.3) is 0 Å². The second-order valence-electron chi connectivity index (χ2n) is 8.65. The molecule has 7 heteroatoms. The SMILES string of the molecule is COc1cc(C)c(S(=O)(=O)NC(CN(C)C2CCN(C)CC2)c2ccccc2)cc1C. The lowest BCUT2D eigenvalue weighted by Crippen LogP contribution is -2.45. The number of hydrogen-bond acceptors (Lipinski definition) is 5. The predicted molar refractivity (Wildman–Crippen MR) is 125 cm³/mol. The molecule has 3 rings (SSSR count). The van der Waals surface area contributed by atoms with Crippen molar-refractivity contribution in [2.45, 2.75) is 43.7 Å². The maximum absolute atomic E-state index is 13.4. The van der Waals surface area contributed by atoms with Crippen molar-refractivity contribution in [3.8, 4) is 5.75 Å². The predicted octanol–water partition coefficient (Wildman–Crippen LogP) is 3.36. The van der Waals surface area contributed by atoms with Gasteiger partial charge >= 0.3 is 0 Å². The number of benzene rings is 2. The monoisotopic (exact) mass is 445 g/mol. The lowest BCUT2D eigenvalue weighted by molar-refractivity contribution is 0.137. The third-order valence-electron chi connectivity index (χ3n) is 6.26. The minimum absolute atomic E-state index is 0.300. The Morgan fingerprint density at radius 3 is 2.39 bits per heavy atom. The quantitative estimate of drug-likeness (QED) is 0.675. The third-order valence-corrected chi connectivity index (χ3v) is 7.88. The molecule has 1 fully saturated rings. The maximum Gasteiger partial charge on any atom is 0.241 e. The lowest BCUT2D eigenvalue weighted by Gasteiger charge is -2.37. The third kappa shape index (κ3) is 5.86. The van der Waals surface area contributed by atoms with Gasteiger partial charge in [0.25, 0.3) is 0 Å². The Labute approximate surface area is 187 Å². The molecule has 0 bridgehead atoms. The number of rotatable bonds is 8. The van der Waals surface area contributed by atoms with Crippen LogP contribution in [0.1, 0.15) is 35.6 Å². The van der Waals surface area contributed by atoms with Crippen molar-refractivity contribution in [3.63, 3.8) is 0 Å². The van der Waals surface area contributed by atoms with E-state index < -0.39 is 10.0 Å². The molecule has 31 heavy (non-hydrogen) atoms. The highest BCUT2D eigenvalue weighted by molar-refractivity contribution is 7.89. The number of methoxy groups -OCH3 is 1. The van der Waals surface area contributed by atoms with E-state index in [0.717, 1.165) is 37.1 Å². The van der Waals surface area contributed by atoms with E-state index in [1.165, 1.54) is 0 Å². The van der Waals surface area contributed by atoms with Gasteiger partial charge in [-0.2, -0.15) is 0 Å². The molecular formula is C24H35N3O3S. The Kier molecular flexibility index (Phi) is 7.75. The van der Waals surface area contributed by atoms with Gasteiger partial charge in [-0.3, -0.25) is 0 Å². The summed E-state index contributed by atoms with van der Waals surface area (Å²) in [6.45, 7) is 6.42. The van der Waals surface area contributed by atoms with Crippen LogP contribution in [0.2, 0.25) is 0 Å². The minimum atomic E-state index is -3.71. The molecule has 1 saturated heterocycles. The zero-order valence-corrected chi connectivity index (χ0v) is 20.1. The Morgan fingerprint density at radius 2 is 1.77 bits per heavy atom. The van der Waals surface area contributed by atoms with E-state index in [4.69, 9.17) is 4.74 Å². The molecule has 0 radical (unpaired) electrons. The minimum Gasteiger partial charge on any atom is -0.496 e. The highest BCUT2D eigenvalue weighted by Crippen LogP contribution is 2.27. The van der Waals surface area contributed by atoms with Crippen molar-refractivity contribution in [2.24, 2.45) is 0 Å². The first-order chi connectivity index (χ1) is 14.7. The van der Waals surface area contributed by atoms with Crippen LogP contribution < -0.4 is 9.46 Å². The Bertz CT molecular complexity index is 971. The topological polar surface area (TPSA) is 61.9 Å². The molecule has 6 nitrogen and oxygen atoms in total. The van der Waals surface area contributed by atoms with Crippen molar-refractivity contribution < 1.29 is 13.2 Å². The molecule has 1 atom stereocenters. The molecule has 170 valence electrons. The second-order valence-corrected chi connectivity index (χ2v) is 10.3. The number of likely N-dealkylation sites (tertiary alicyclic amines) is 1. The molecule has 2 aromatic rings. The van der Waals surface area contributed by atoms with Crippen LogP contribution >= 0.6 is 0 Å². The first-order valence-electron chi connectivity index (χ1n) is 10.8. The molecule has 0 aromatic heterocycles. The van der Waals surface area contributed by atoms with E-state index in [0.29, 0.717) is 28.8 Å². The van der Waals surface area contributed by atoms with Crippen molar-refractivity contribution >= 4 is 10.0 Å². The number of ether oxygens (including phenoxy) is 1. The zero-order chi connectivity index (χ0) is 22.6. The number of likely N-dealkylation sites (N-methyl/N-ethyl adjacent to an activating group) is 1. The molecule has 1 heterocycles. The summed E-state index contributed by atoms with van der Waals surface area (Å²) in [6.07, 6.45) is 2.19. The van der Waals surface area contributed by atoms with Crippen molar-refractivity contribution in [3.05, 3.63) is 59.2 Å². The smallest absolute Gasteiger partial charge is 0.241 e. The highest BCUT2D eigenvalue weighted by atomic mass is 32.2. The van der Waals surface area contributed by atoms with Crippen LogP contribution in [-0.2, 0) is 10.0 Å². The van der Waals surface area contributed by atoms with E-state index in [9.17, 15) is 8.42 Å². The summed E-state index contributed by atoms with van der Waals surface area (Å²) >= 11 is 0. The van der Waals surface area contributed by atoms with Crippen LogP contribution in [0.4, 0.5) is 0 Å². The number of hydrogen-bond donors (Lipinski definition) is 1. The summed E-state index contributed by atoms with van der Waals surface area (Å²) in [5.41, 5.74) is 2.44. The zero-order valence-electron chi connectivity index (χ0n) is 19.3. The fourth-order valence-electron chi connectivity index (χ4n) is 4.29. The number of piperidine rings is 1. The van der Waals surface area contributed by atoms with Gasteiger partial charge in [0.15, 0.2) is 0 Å². The van der Waals surface area contributed by atoms with Gasteiger partial charge in [0.1, 0.15) is 5.75 Å². The van der Waals surface area contributed by atoms with Gasteiger partial charge < -0.3 is 14.5 Å². The van der Waals surface area contributed by atoms with Gasteiger partial charge in [-0.25, -0.2) is 13.1 Å². The largest absolute Gasteiger partial charge is 0.496 e. The van der Waals surface area contributed by atoms with Crippen molar-refractivity contribution in [2.75, 3.05) is 40.8 Å². The van der Waals surface area contributed by atoms with Gasteiger partial charge in [0, 0.05) is 12.6 Å². The first kappa shape index (κ1) is 23.7. The highest BCUT2D eigenvalue weighted by Gasteiger charge is 2.28. The molecule has 0 aliphatic carbocycles. The van der Waals surface area contributed by atoms with Crippen molar-refractivity contribution in [1.82, 2.24) is 14.5 Å². The molecule has 1 aliphatic heterocycles. The summed E-state index contributed by atoms with van der Waals surface area (Å²) in [6, 6.07) is 13.4. The fourth-order valence-corrected chi connectivity index (χ4v) is 5.82. The molecule has 2 aromatic carbocycles. The van der Waals surface area contributed by atoms with Crippen LogP contribution in [0.15, 0.2) is 47.4 Å². The molecule has 1 N–H and O–H groups in total. The van der Waals surface area contributed by atoms with Gasteiger partial charge in [-0.15, -0.1) is 0 Å². The van der Waals surface area contributed by atoms with E-state index in [-0.39, 0.29) is 6.04 Å². The van der Waals surface area contributed by atoms with Crippen LogP contribution in [-0.4, -0.2) is 65.1 Å². The molecule has 0 amide bonds. The Morgan fingerprint density at radius 1 is 1.13 bits per heavy atom. The fraction of sp³-hybridized carbons (Fsp3) is 0.500. The summed E-state index contributed by atoms with van der Waals surface area (Å²) < 4.78 is 35.2. The Balaban J connectivity index is 1.86.